The van der Waals surface area contributed by atoms with Crippen LogP contribution in [-0.4, -0.2) is 35.0 Å². The van der Waals surface area contributed by atoms with E-state index in [4.69, 9.17) is 5.73 Å². The number of carbonyl (C=O) groups is 1. The zero-order chi connectivity index (χ0) is 14.2. The Kier molecular flexibility index (Phi) is 3.33. The highest BCUT2D eigenvalue weighted by atomic mass is 16.1. The molecule has 3 rings (SSSR count). The number of hydrogen-bond acceptors (Lipinski definition) is 5. The lowest BCUT2D eigenvalue weighted by Crippen LogP contribution is -2.37. The molecule has 1 aliphatic heterocycles. The van der Waals surface area contributed by atoms with Gasteiger partial charge in [0.05, 0.1) is 5.41 Å². The number of nitrogens with two attached hydrogens (primary N) is 1. The number of amides is 1. The number of nitrogens with one attached hydrogen (secondary N) is 1. The number of rotatable bonds is 5. The number of carbonyl (C=O) groups excluding carboxylic acids is 1. The third-order valence-corrected chi connectivity index (χ3v) is 4.21. The predicted octanol–water partition coefficient (Wildman–Crippen LogP) is 0.430. The fraction of sp³-hybridized carbons (Fsp3) is 0.643. The standard InChI is InChI=1S/C14H21N5O/c1-14(12(15)20)4-5-19(9-14)13-17-7-10(8-18-13)6-16-11-2-3-11/h7-8,11,16H,2-6,9H2,1H3,(H2,15,20). The molecule has 6 heteroatoms. The van der Waals surface area contributed by atoms with E-state index < -0.39 is 5.41 Å². The highest BCUT2D eigenvalue weighted by Gasteiger charge is 2.39. The maximum atomic E-state index is 11.5. The van der Waals surface area contributed by atoms with Crippen molar-refractivity contribution in [2.24, 2.45) is 11.1 Å². The van der Waals surface area contributed by atoms with Gasteiger partial charge < -0.3 is 16.0 Å². The van der Waals surface area contributed by atoms with E-state index in [0.717, 1.165) is 25.1 Å². The van der Waals surface area contributed by atoms with Crippen molar-refractivity contribution >= 4 is 11.9 Å². The van der Waals surface area contributed by atoms with Crippen LogP contribution < -0.4 is 16.0 Å². The summed E-state index contributed by atoms with van der Waals surface area (Å²) in [6.07, 6.45) is 7.03. The molecule has 0 spiro atoms. The van der Waals surface area contributed by atoms with Crippen molar-refractivity contribution < 1.29 is 4.79 Å². The molecule has 1 saturated carbocycles. The molecule has 6 nitrogen and oxygen atoms in total. The molecule has 108 valence electrons. The molecular weight excluding hydrogens is 254 g/mol. The zero-order valence-corrected chi connectivity index (χ0v) is 11.8. The van der Waals surface area contributed by atoms with Crippen LogP contribution in [0.25, 0.3) is 0 Å². The van der Waals surface area contributed by atoms with E-state index in [1.807, 2.05) is 24.2 Å². The van der Waals surface area contributed by atoms with Crippen molar-refractivity contribution in [2.45, 2.75) is 38.8 Å². The van der Waals surface area contributed by atoms with Crippen molar-refractivity contribution in [1.82, 2.24) is 15.3 Å². The maximum Gasteiger partial charge on any atom is 0.225 e. The van der Waals surface area contributed by atoms with Gasteiger partial charge in [-0.2, -0.15) is 0 Å². The van der Waals surface area contributed by atoms with Gasteiger partial charge in [0.15, 0.2) is 0 Å². The predicted molar refractivity (Wildman–Crippen MR) is 76.0 cm³/mol. The van der Waals surface area contributed by atoms with Gasteiger partial charge in [-0.25, -0.2) is 9.97 Å². The van der Waals surface area contributed by atoms with Gasteiger partial charge in [-0.3, -0.25) is 4.79 Å². The number of primary amides is 1. The lowest BCUT2D eigenvalue weighted by atomic mass is 9.89. The van der Waals surface area contributed by atoms with Gasteiger partial charge in [0.25, 0.3) is 0 Å². The molecule has 2 aliphatic rings. The number of aromatic nitrogens is 2. The fourth-order valence-electron chi connectivity index (χ4n) is 2.49. The number of hydrogen-bond donors (Lipinski definition) is 2. The highest BCUT2D eigenvalue weighted by molar-refractivity contribution is 5.81. The highest BCUT2D eigenvalue weighted by Crippen LogP contribution is 2.31. The first kappa shape index (κ1) is 13.3. The van der Waals surface area contributed by atoms with Crippen LogP contribution in [0, 0.1) is 5.41 Å². The van der Waals surface area contributed by atoms with Gasteiger partial charge in [-0.1, -0.05) is 0 Å². The van der Waals surface area contributed by atoms with Crippen molar-refractivity contribution in [3.8, 4) is 0 Å². The van der Waals surface area contributed by atoms with Gasteiger partial charge in [-0.05, 0) is 26.2 Å². The molecule has 1 atom stereocenters. The minimum atomic E-state index is -0.463. The molecular formula is C14H21N5O. The molecule has 3 N–H and O–H groups in total. The Morgan fingerprint density at radius 3 is 2.75 bits per heavy atom. The van der Waals surface area contributed by atoms with Crippen LogP contribution in [0.5, 0.6) is 0 Å². The molecule has 1 saturated heterocycles. The zero-order valence-electron chi connectivity index (χ0n) is 11.8. The molecule has 2 fully saturated rings. The molecule has 1 aliphatic carbocycles. The molecule has 0 aromatic carbocycles. The molecule has 1 unspecified atom stereocenters. The summed E-state index contributed by atoms with van der Waals surface area (Å²) in [4.78, 5) is 22.3. The van der Waals surface area contributed by atoms with E-state index in [1.54, 1.807) is 0 Å². The molecule has 0 bridgehead atoms. The van der Waals surface area contributed by atoms with Crippen LogP contribution in [0.4, 0.5) is 5.95 Å². The summed E-state index contributed by atoms with van der Waals surface area (Å²) in [7, 11) is 0. The molecule has 1 amide bonds. The summed E-state index contributed by atoms with van der Waals surface area (Å²) in [6.45, 7) is 4.11. The minimum absolute atomic E-state index is 0.245. The second-order valence-corrected chi connectivity index (χ2v) is 6.14. The Hall–Kier alpha value is -1.69. The molecule has 1 aromatic rings. The Morgan fingerprint density at radius 1 is 1.50 bits per heavy atom. The first-order chi connectivity index (χ1) is 9.57. The first-order valence-electron chi connectivity index (χ1n) is 7.16. The topological polar surface area (TPSA) is 84.1 Å². The summed E-state index contributed by atoms with van der Waals surface area (Å²) in [6, 6.07) is 0.685. The summed E-state index contributed by atoms with van der Waals surface area (Å²) >= 11 is 0. The van der Waals surface area contributed by atoms with Crippen molar-refractivity contribution in [1.29, 1.82) is 0 Å². The molecule has 1 aromatic heterocycles. The van der Waals surface area contributed by atoms with Crippen LogP contribution in [0.15, 0.2) is 12.4 Å². The van der Waals surface area contributed by atoms with Crippen LogP contribution in [0.3, 0.4) is 0 Å². The first-order valence-corrected chi connectivity index (χ1v) is 7.16. The Bertz CT molecular complexity index is 499. The smallest absolute Gasteiger partial charge is 0.225 e. The van der Waals surface area contributed by atoms with E-state index in [9.17, 15) is 4.79 Å². The number of anilines is 1. The van der Waals surface area contributed by atoms with E-state index in [1.165, 1.54) is 12.8 Å². The van der Waals surface area contributed by atoms with E-state index in [0.29, 0.717) is 18.5 Å². The summed E-state index contributed by atoms with van der Waals surface area (Å²) in [5.41, 5.74) is 6.09. The normalized spacial score (nSPS) is 25.9. The van der Waals surface area contributed by atoms with Gasteiger partial charge in [0.1, 0.15) is 0 Å². The van der Waals surface area contributed by atoms with Crippen LogP contribution >= 0.6 is 0 Å². The van der Waals surface area contributed by atoms with E-state index in [-0.39, 0.29) is 5.91 Å². The lowest BCUT2D eigenvalue weighted by Gasteiger charge is -2.20. The van der Waals surface area contributed by atoms with Crippen molar-refractivity contribution in [2.75, 3.05) is 18.0 Å². The average molecular weight is 275 g/mol. The van der Waals surface area contributed by atoms with Gasteiger partial charge in [0.2, 0.25) is 11.9 Å². The van der Waals surface area contributed by atoms with Crippen molar-refractivity contribution in [3.63, 3.8) is 0 Å². The Morgan fingerprint density at radius 2 is 2.20 bits per heavy atom. The van der Waals surface area contributed by atoms with Crippen molar-refractivity contribution in [3.05, 3.63) is 18.0 Å². The average Bonchev–Trinajstić information content (AvgIpc) is 3.18. The largest absolute Gasteiger partial charge is 0.369 e. The van der Waals surface area contributed by atoms with E-state index in [2.05, 4.69) is 15.3 Å². The lowest BCUT2D eigenvalue weighted by molar-refractivity contribution is -0.125. The number of nitrogens with zero attached hydrogens (tertiary/aromatic N) is 3. The van der Waals surface area contributed by atoms with Crippen LogP contribution in [-0.2, 0) is 11.3 Å². The van der Waals surface area contributed by atoms with Gasteiger partial charge in [-0.15, -0.1) is 0 Å². The van der Waals surface area contributed by atoms with Gasteiger partial charge >= 0.3 is 0 Å². The Labute approximate surface area is 118 Å². The second kappa shape index (κ2) is 5.01. The second-order valence-electron chi connectivity index (χ2n) is 6.14. The van der Waals surface area contributed by atoms with E-state index >= 15 is 0 Å². The van der Waals surface area contributed by atoms with Crippen LogP contribution in [0.2, 0.25) is 0 Å². The van der Waals surface area contributed by atoms with Gasteiger partial charge in [0, 0.05) is 43.6 Å². The maximum absolute atomic E-state index is 11.5. The van der Waals surface area contributed by atoms with Crippen LogP contribution in [0.1, 0.15) is 31.7 Å². The Balaban J connectivity index is 1.61. The fourth-order valence-corrected chi connectivity index (χ4v) is 2.49. The molecule has 2 heterocycles. The summed E-state index contributed by atoms with van der Waals surface area (Å²) in [5, 5.41) is 3.44. The summed E-state index contributed by atoms with van der Waals surface area (Å²) in [5.74, 6) is 0.440. The third-order valence-electron chi connectivity index (χ3n) is 4.21. The minimum Gasteiger partial charge on any atom is -0.369 e. The summed E-state index contributed by atoms with van der Waals surface area (Å²) < 4.78 is 0. The third kappa shape index (κ3) is 2.75. The SMILES string of the molecule is CC1(C(N)=O)CCN(c2ncc(CNC3CC3)cn2)C1. The molecule has 20 heavy (non-hydrogen) atoms. The molecule has 0 radical (unpaired) electrons. The monoisotopic (exact) mass is 275 g/mol. The quantitative estimate of drug-likeness (QED) is 0.814.